The highest BCUT2D eigenvalue weighted by Crippen LogP contribution is 2.25. The Balaban J connectivity index is 0.00000243. The summed E-state index contributed by atoms with van der Waals surface area (Å²) in [5, 5.41) is 7.81. The zero-order chi connectivity index (χ0) is 17.5. The summed E-state index contributed by atoms with van der Waals surface area (Å²) in [7, 11) is 0. The number of halogens is 1. The standard InChI is InChI=1S/C19H25N5O.HI/c1-3-21-19(22-9-6-11-24-12-10-20-14-24)23-13-18-15(2)16-7-4-5-8-17(16)25-18;/h4-5,7-8,10,12,14H,3,6,9,11,13H2,1-2H3,(H2,21,22,23);1H. The average molecular weight is 467 g/mol. The molecule has 26 heavy (non-hydrogen) atoms. The Morgan fingerprint density at radius 2 is 2.12 bits per heavy atom. The maximum Gasteiger partial charge on any atom is 0.191 e. The van der Waals surface area contributed by atoms with Crippen molar-refractivity contribution in [2.24, 2.45) is 4.99 Å². The van der Waals surface area contributed by atoms with Crippen LogP contribution in [0.4, 0.5) is 0 Å². The van der Waals surface area contributed by atoms with Gasteiger partial charge in [0.25, 0.3) is 0 Å². The number of imidazole rings is 1. The number of aryl methyl sites for hydroxylation is 2. The van der Waals surface area contributed by atoms with Crippen LogP contribution in [0.15, 0.2) is 52.4 Å². The second-order valence-corrected chi connectivity index (χ2v) is 5.92. The van der Waals surface area contributed by atoms with Crippen molar-refractivity contribution in [3.63, 3.8) is 0 Å². The molecule has 2 heterocycles. The third-order valence-corrected chi connectivity index (χ3v) is 4.11. The van der Waals surface area contributed by atoms with Crippen LogP contribution in [0, 0.1) is 6.92 Å². The molecule has 1 aromatic carbocycles. The van der Waals surface area contributed by atoms with Crippen LogP contribution in [0.3, 0.4) is 0 Å². The van der Waals surface area contributed by atoms with E-state index in [4.69, 9.17) is 4.42 Å². The molecule has 2 N–H and O–H groups in total. The molecule has 0 saturated carbocycles. The minimum absolute atomic E-state index is 0. The summed E-state index contributed by atoms with van der Waals surface area (Å²) >= 11 is 0. The first-order chi connectivity index (χ1) is 12.3. The largest absolute Gasteiger partial charge is 0.459 e. The number of aliphatic imine (C=N–C) groups is 1. The number of fused-ring (bicyclic) bond motifs is 1. The zero-order valence-corrected chi connectivity index (χ0v) is 17.6. The Bertz CT molecular complexity index is 826. The maximum atomic E-state index is 5.93. The molecule has 0 spiro atoms. The smallest absolute Gasteiger partial charge is 0.191 e. The summed E-state index contributed by atoms with van der Waals surface area (Å²) in [6, 6.07) is 8.10. The van der Waals surface area contributed by atoms with E-state index in [1.54, 1.807) is 6.20 Å². The fourth-order valence-electron chi connectivity index (χ4n) is 2.76. The van der Waals surface area contributed by atoms with Gasteiger partial charge in [0.2, 0.25) is 0 Å². The summed E-state index contributed by atoms with van der Waals surface area (Å²) in [5.41, 5.74) is 2.08. The summed E-state index contributed by atoms with van der Waals surface area (Å²) in [6.07, 6.45) is 6.62. The average Bonchev–Trinajstić information content (AvgIpc) is 3.25. The first-order valence-corrected chi connectivity index (χ1v) is 8.73. The predicted octanol–water partition coefficient (Wildman–Crippen LogP) is 3.70. The van der Waals surface area contributed by atoms with Gasteiger partial charge in [0.05, 0.1) is 6.33 Å². The molecule has 0 fully saturated rings. The highest BCUT2D eigenvalue weighted by atomic mass is 127. The molecule has 0 amide bonds. The van der Waals surface area contributed by atoms with Gasteiger partial charge in [-0.2, -0.15) is 0 Å². The monoisotopic (exact) mass is 467 g/mol. The summed E-state index contributed by atoms with van der Waals surface area (Å²) in [6.45, 7) is 7.29. The third kappa shape index (κ3) is 5.23. The number of guanidine groups is 1. The highest BCUT2D eigenvalue weighted by Gasteiger charge is 2.09. The van der Waals surface area contributed by atoms with E-state index in [1.807, 2.05) is 30.7 Å². The van der Waals surface area contributed by atoms with Gasteiger partial charge in [-0.15, -0.1) is 24.0 Å². The Hall–Kier alpha value is -2.03. The van der Waals surface area contributed by atoms with Crippen LogP contribution in [-0.2, 0) is 13.1 Å². The lowest BCUT2D eigenvalue weighted by Gasteiger charge is -2.11. The zero-order valence-electron chi connectivity index (χ0n) is 15.2. The molecule has 0 aliphatic heterocycles. The van der Waals surface area contributed by atoms with Crippen LogP contribution >= 0.6 is 24.0 Å². The van der Waals surface area contributed by atoms with E-state index < -0.39 is 0 Å². The first-order valence-electron chi connectivity index (χ1n) is 8.73. The molecule has 0 saturated heterocycles. The SMILES string of the molecule is CCNC(=NCc1oc2ccccc2c1C)NCCCn1ccnc1.I. The van der Waals surface area contributed by atoms with Crippen molar-refractivity contribution >= 4 is 40.9 Å². The lowest BCUT2D eigenvalue weighted by atomic mass is 10.1. The predicted molar refractivity (Wildman–Crippen MR) is 116 cm³/mol. The number of nitrogens with one attached hydrogen (secondary N) is 2. The Labute approximate surface area is 171 Å². The van der Waals surface area contributed by atoms with E-state index >= 15 is 0 Å². The molecule has 0 unspecified atom stereocenters. The number of hydrogen-bond donors (Lipinski definition) is 2. The molecule has 3 rings (SSSR count). The van der Waals surface area contributed by atoms with E-state index in [0.29, 0.717) is 6.54 Å². The fraction of sp³-hybridized carbons (Fsp3) is 0.368. The molecular formula is C19H26IN5O. The van der Waals surface area contributed by atoms with Crippen molar-refractivity contribution in [3.05, 3.63) is 54.3 Å². The van der Waals surface area contributed by atoms with E-state index in [0.717, 1.165) is 54.3 Å². The molecule has 0 aliphatic carbocycles. The molecule has 0 aliphatic rings. The molecule has 2 aromatic heterocycles. The van der Waals surface area contributed by atoms with Crippen LogP contribution < -0.4 is 10.6 Å². The molecule has 7 heteroatoms. The van der Waals surface area contributed by atoms with Gasteiger partial charge in [0, 0.05) is 43.0 Å². The first kappa shape index (κ1) is 20.3. The lowest BCUT2D eigenvalue weighted by Crippen LogP contribution is -2.38. The highest BCUT2D eigenvalue weighted by molar-refractivity contribution is 14.0. The molecule has 0 atom stereocenters. The number of rotatable bonds is 7. The van der Waals surface area contributed by atoms with Crippen molar-refractivity contribution in [1.82, 2.24) is 20.2 Å². The lowest BCUT2D eigenvalue weighted by molar-refractivity contribution is 0.547. The molecule has 0 bridgehead atoms. The summed E-state index contributed by atoms with van der Waals surface area (Å²) < 4.78 is 8.00. The molecule has 140 valence electrons. The number of aromatic nitrogens is 2. The van der Waals surface area contributed by atoms with E-state index in [-0.39, 0.29) is 24.0 Å². The van der Waals surface area contributed by atoms with Gasteiger partial charge in [-0.05, 0) is 26.3 Å². The number of nitrogens with zero attached hydrogens (tertiary/aromatic N) is 3. The van der Waals surface area contributed by atoms with Gasteiger partial charge in [0.1, 0.15) is 17.9 Å². The van der Waals surface area contributed by atoms with Crippen LogP contribution in [0.1, 0.15) is 24.7 Å². The molecular weight excluding hydrogens is 441 g/mol. The minimum atomic E-state index is 0. The second-order valence-electron chi connectivity index (χ2n) is 5.92. The Morgan fingerprint density at radius 3 is 2.85 bits per heavy atom. The fourth-order valence-corrected chi connectivity index (χ4v) is 2.76. The summed E-state index contributed by atoms with van der Waals surface area (Å²) in [4.78, 5) is 8.71. The molecule has 0 radical (unpaired) electrons. The normalized spacial score (nSPS) is 11.4. The van der Waals surface area contributed by atoms with Crippen molar-refractivity contribution < 1.29 is 4.42 Å². The Kier molecular flexibility index (Phi) is 7.96. The van der Waals surface area contributed by atoms with Gasteiger partial charge in [-0.3, -0.25) is 0 Å². The van der Waals surface area contributed by atoms with Crippen molar-refractivity contribution in [3.8, 4) is 0 Å². The van der Waals surface area contributed by atoms with Crippen LogP contribution in [0.25, 0.3) is 11.0 Å². The topological polar surface area (TPSA) is 67.4 Å². The van der Waals surface area contributed by atoms with Crippen LogP contribution in [0.5, 0.6) is 0 Å². The number of para-hydroxylation sites is 1. The summed E-state index contributed by atoms with van der Waals surface area (Å²) in [5.74, 6) is 1.73. The van der Waals surface area contributed by atoms with Gasteiger partial charge in [-0.1, -0.05) is 18.2 Å². The molecule has 6 nitrogen and oxygen atoms in total. The van der Waals surface area contributed by atoms with Gasteiger partial charge >= 0.3 is 0 Å². The van der Waals surface area contributed by atoms with E-state index in [1.165, 1.54) is 0 Å². The number of benzene rings is 1. The van der Waals surface area contributed by atoms with Crippen LogP contribution in [-0.4, -0.2) is 28.6 Å². The Morgan fingerprint density at radius 1 is 1.27 bits per heavy atom. The van der Waals surface area contributed by atoms with Crippen molar-refractivity contribution in [2.75, 3.05) is 13.1 Å². The van der Waals surface area contributed by atoms with Gasteiger partial charge in [0.15, 0.2) is 5.96 Å². The van der Waals surface area contributed by atoms with Crippen molar-refractivity contribution in [2.45, 2.75) is 33.4 Å². The molecule has 3 aromatic rings. The second kappa shape index (κ2) is 10.2. The number of furan rings is 1. The van der Waals surface area contributed by atoms with Crippen LogP contribution in [0.2, 0.25) is 0 Å². The minimum Gasteiger partial charge on any atom is -0.459 e. The quantitative estimate of drug-likeness (QED) is 0.241. The van der Waals surface area contributed by atoms with Crippen molar-refractivity contribution in [1.29, 1.82) is 0 Å². The van der Waals surface area contributed by atoms with Gasteiger partial charge in [-0.25, -0.2) is 9.98 Å². The third-order valence-electron chi connectivity index (χ3n) is 4.11. The maximum absolute atomic E-state index is 5.93. The van der Waals surface area contributed by atoms with E-state index in [9.17, 15) is 0 Å². The number of hydrogen-bond acceptors (Lipinski definition) is 3. The van der Waals surface area contributed by atoms with Gasteiger partial charge < -0.3 is 19.6 Å². The van der Waals surface area contributed by atoms with E-state index in [2.05, 4.69) is 45.1 Å².